The molecular weight excluding hydrogens is 242 g/mol. The number of carbonyl (C=O) groups is 2. The molecular formula is C14H21N3O2. The number of hydrogen-bond acceptors (Lipinski definition) is 3. The Morgan fingerprint density at radius 1 is 1.16 bits per heavy atom. The summed E-state index contributed by atoms with van der Waals surface area (Å²) in [5.41, 5.74) is 6.15. The molecule has 0 atom stereocenters. The van der Waals surface area contributed by atoms with E-state index in [1.54, 1.807) is 24.3 Å². The monoisotopic (exact) mass is 263 g/mol. The summed E-state index contributed by atoms with van der Waals surface area (Å²) in [6.07, 6.45) is 0.276. The van der Waals surface area contributed by atoms with Crippen molar-refractivity contribution in [3.8, 4) is 0 Å². The number of hydrogen-bond donors (Lipinski definition) is 3. The maximum absolute atomic E-state index is 11.9. The molecule has 5 nitrogen and oxygen atoms in total. The van der Waals surface area contributed by atoms with Crippen LogP contribution in [0.15, 0.2) is 24.3 Å². The molecule has 0 saturated heterocycles. The van der Waals surface area contributed by atoms with Crippen LogP contribution in [0.25, 0.3) is 0 Å². The van der Waals surface area contributed by atoms with Crippen LogP contribution in [0.4, 0.5) is 11.4 Å². The van der Waals surface area contributed by atoms with E-state index in [1.165, 1.54) is 0 Å². The molecule has 104 valence electrons. The molecule has 0 aliphatic heterocycles. The minimum atomic E-state index is -0.460. The fourth-order valence-corrected chi connectivity index (χ4v) is 1.35. The van der Waals surface area contributed by atoms with E-state index >= 15 is 0 Å². The Labute approximate surface area is 113 Å². The zero-order valence-corrected chi connectivity index (χ0v) is 11.6. The van der Waals surface area contributed by atoms with E-state index in [4.69, 9.17) is 5.73 Å². The van der Waals surface area contributed by atoms with Gasteiger partial charge in [-0.25, -0.2) is 0 Å². The average Bonchev–Trinajstić information content (AvgIpc) is 2.28. The van der Waals surface area contributed by atoms with Crippen molar-refractivity contribution in [2.24, 2.45) is 11.1 Å². The third kappa shape index (κ3) is 5.09. The molecule has 0 unspecified atom stereocenters. The van der Waals surface area contributed by atoms with Gasteiger partial charge in [-0.1, -0.05) is 26.8 Å². The summed E-state index contributed by atoms with van der Waals surface area (Å²) in [6.45, 7) is 5.84. The molecule has 0 aliphatic carbocycles. The highest BCUT2D eigenvalue weighted by Crippen LogP contribution is 2.20. The van der Waals surface area contributed by atoms with Crippen molar-refractivity contribution < 1.29 is 9.59 Å². The van der Waals surface area contributed by atoms with Crippen molar-refractivity contribution in [3.05, 3.63) is 24.3 Å². The van der Waals surface area contributed by atoms with Gasteiger partial charge in [-0.3, -0.25) is 9.59 Å². The molecule has 0 aromatic heterocycles. The van der Waals surface area contributed by atoms with Crippen molar-refractivity contribution in [2.75, 3.05) is 17.2 Å². The van der Waals surface area contributed by atoms with Crippen LogP contribution in [0.2, 0.25) is 0 Å². The molecule has 1 rings (SSSR count). The van der Waals surface area contributed by atoms with Gasteiger partial charge in [-0.05, 0) is 18.2 Å². The molecule has 1 aromatic rings. The van der Waals surface area contributed by atoms with Gasteiger partial charge in [0.15, 0.2) is 0 Å². The SMILES string of the molecule is CC(C)(C)C(=O)Nc1cccc(NC(=O)CCN)c1. The number of amides is 2. The summed E-state index contributed by atoms with van der Waals surface area (Å²) >= 11 is 0. The van der Waals surface area contributed by atoms with Gasteiger partial charge in [0.1, 0.15) is 0 Å². The van der Waals surface area contributed by atoms with Gasteiger partial charge in [0.2, 0.25) is 11.8 Å². The first kappa shape index (κ1) is 15.2. The lowest BCUT2D eigenvalue weighted by atomic mass is 9.95. The average molecular weight is 263 g/mol. The molecule has 0 fully saturated rings. The molecule has 0 heterocycles. The molecule has 5 heteroatoms. The quantitative estimate of drug-likeness (QED) is 0.776. The van der Waals surface area contributed by atoms with E-state index in [2.05, 4.69) is 10.6 Å². The van der Waals surface area contributed by atoms with E-state index in [9.17, 15) is 9.59 Å². The van der Waals surface area contributed by atoms with E-state index < -0.39 is 5.41 Å². The summed E-state index contributed by atoms with van der Waals surface area (Å²) in [5, 5.41) is 5.54. The normalized spacial score (nSPS) is 10.9. The predicted octanol–water partition coefficient (Wildman–Crippen LogP) is 1.96. The van der Waals surface area contributed by atoms with E-state index in [-0.39, 0.29) is 18.2 Å². The number of rotatable bonds is 4. The summed E-state index contributed by atoms with van der Waals surface area (Å²) in [7, 11) is 0. The molecule has 0 spiro atoms. The van der Waals surface area contributed by atoms with Crippen LogP contribution >= 0.6 is 0 Å². The Morgan fingerprint density at radius 2 is 1.74 bits per heavy atom. The van der Waals surface area contributed by atoms with Crippen molar-refractivity contribution in [3.63, 3.8) is 0 Å². The van der Waals surface area contributed by atoms with Crippen LogP contribution in [0.3, 0.4) is 0 Å². The fraction of sp³-hybridized carbons (Fsp3) is 0.429. The number of nitrogens with two attached hydrogens (primary N) is 1. The molecule has 2 amide bonds. The van der Waals surface area contributed by atoms with Crippen molar-refractivity contribution in [2.45, 2.75) is 27.2 Å². The summed E-state index contributed by atoms with van der Waals surface area (Å²) < 4.78 is 0. The number of nitrogens with one attached hydrogen (secondary N) is 2. The van der Waals surface area contributed by atoms with Gasteiger partial charge >= 0.3 is 0 Å². The van der Waals surface area contributed by atoms with Crippen LogP contribution in [0.1, 0.15) is 27.2 Å². The van der Waals surface area contributed by atoms with Crippen LogP contribution in [0.5, 0.6) is 0 Å². The number of benzene rings is 1. The van der Waals surface area contributed by atoms with Crippen LogP contribution < -0.4 is 16.4 Å². The van der Waals surface area contributed by atoms with E-state index in [1.807, 2.05) is 20.8 Å². The molecule has 0 saturated carbocycles. The Kier molecular flexibility index (Phi) is 5.06. The van der Waals surface area contributed by atoms with Gasteiger partial charge in [-0.2, -0.15) is 0 Å². The second kappa shape index (κ2) is 6.33. The van der Waals surface area contributed by atoms with E-state index in [0.29, 0.717) is 17.9 Å². The Balaban J connectivity index is 2.72. The van der Waals surface area contributed by atoms with Gasteiger partial charge in [0.25, 0.3) is 0 Å². The van der Waals surface area contributed by atoms with Crippen LogP contribution in [-0.2, 0) is 9.59 Å². The molecule has 1 aromatic carbocycles. The van der Waals surface area contributed by atoms with Crippen molar-refractivity contribution >= 4 is 23.2 Å². The number of carbonyl (C=O) groups excluding carboxylic acids is 2. The number of anilines is 2. The first-order chi connectivity index (χ1) is 8.82. The van der Waals surface area contributed by atoms with Gasteiger partial charge < -0.3 is 16.4 Å². The highest BCUT2D eigenvalue weighted by molar-refractivity contribution is 5.96. The lowest BCUT2D eigenvalue weighted by Crippen LogP contribution is -2.27. The predicted molar refractivity (Wildman–Crippen MR) is 76.8 cm³/mol. The highest BCUT2D eigenvalue weighted by atomic mass is 16.2. The van der Waals surface area contributed by atoms with Crippen molar-refractivity contribution in [1.82, 2.24) is 0 Å². The van der Waals surface area contributed by atoms with Gasteiger partial charge in [0, 0.05) is 29.8 Å². The fourth-order valence-electron chi connectivity index (χ4n) is 1.35. The Bertz CT molecular complexity index is 464. The second-order valence-electron chi connectivity index (χ2n) is 5.37. The molecule has 0 aliphatic rings. The summed E-state index contributed by atoms with van der Waals surface area (Å²) in [5.74, 6) is -0.209. The minimum Gasteiger partial charge on any atom is -0.330 e. The smallest absolute Gasteiger partial charge is 0.229 e. The topological polar surface area (TPSA) is 84.2 Å². The molecule has 4 N–H and O–H groups in total. The Morgan fingerprint density at radius 3 is 2.26 bits per heavy atom. The summed E-state index contributed by atoms with van der Waals surface area (Å²) in [6, 6.07) is 7.04. The van der Waals surface area contributed by atoms with Gasteiger partial charge in [0.05, 0.1) is 0 Å². The third-order valence-electron chi connectivity index (χ3n) is 2.46. The second-order valence-corrected chi connectivity index (χ2v) is 5.37. The first-order valence-corrected chi connectivity index (χ1v) is 6.24. The zero-order valence-electron chi connectivity index (χ0n) is 11.6. The molecule has 0 bridgehead atoms. The maximum atomic E-state index is 11.9. The maximum Gasteiger partial charge on any atom is 0.229 e. The lowest BCUT2D eigenvalue weighted by Gasteiger charge is -2.18. The largest absolute Gasteiger partial charge is 0.330 e. The minimum absolute atomic E-state index is 0.0714. The zero-order chi connectivity index (χ0) is 14.5. The molecule has 0 radical (unpaired) electrons. The molecule has 19 heavy (non-hydrogen) atoms. The van der Waals surface area contributed by atoms with E-state index in [0.717, 1.165) is 0 Å². The first-order valence-electron chi connectivity index (χ1n) is 6.24. The lowest BCUT2D eigenvalue weighted by molar-refractivity contribution is -0.123. The van der Waals surface area contributed by atoms with Crippen molar-refractivity contribution in [1.29, 1.82) is 0 Å². The standard InChI is InChI=1S/C14H21N3O2/c1-14(2,3)13(19)17-11-6-4-5-10(9-11)16-12(18)7-8-15/h4-6,9H,7-8,15H2,1-3H3,(H,16,18)(H,17,19). The Hall–Kier alpha value is -1.88. The van der Waals surface area contributed by atoms with Crippen LogP contribution in [0, 0.1) is 5.41 Å². The van der Waals surface area contributed by atoms with Gasteiger partial charge in [-0.15, -0.1) is 0 Å². The highest BCUT2D eigenvalue weighted by Gasteiger charge is 2.21. The van der Waals surface area contributed by atoms with Crippen LogP contribution in [-0.4, -0.2) is 18.4 Å². The summed E-state index contributed by atoms with van der Waals surface area (Å²) in [4.78, 5) is 23.3. The third-order valence-corrected chi connectivity index (χ3v) is 2.46.